The number of hydrogen-bond donors (Lipinski definition) is 2. The lowest BCUT2D eigenvalue weighted by molar-refractivity contribution is -0.150. The summed E-state index contributed by atoms with van der Waals surface area (Å²) in [5, 5.41) is 12.1. The molecule has 1 saturated carbocycles. The first-order valence-corrected chi connectivity index (χ1v) is 9.17. The molecule has 0 aliphatic heterocycles. The molecule has 0 saturated heterocycles. The number of nitrogens with zero attached hydrogens (tertiary/aromatic N) is 1. The lowest BCUT2D eigenvalue weighted by atomic mass is 9.82. The highest BCUT2D eigenvalue weighted by atomic mass is 32.2. The maximum atomic E-state index is 12.2. The van der Waals surface area contributed by atoms with Crippen molar-refractivity contribution in [2.75, 3.05) is 19.4 Å². The molecular weight excluding hydrogens is 332 g/mol. The van der Waals surface area contributed by atoms with Gasteiger partial charge in [0.2, 0.25) is 15.9 Å². The average molecular weight is 354 g/mol. The van der Waals surface area contributed by atoms with Crippen LogP contribution in [-0.2, 0) is 19.6 Å². The Bertz CT molecular complexity index is 719. The number of carbonyl (C=O) groups excluding carboxylic acids is 1. The third-order valence-electron chi connectivity index (χ3n) is 4.43. The Morgan fingerprint density at radius 1 is 1.17 bits per heavy atom. The molecule has 0 spiro atoms. The summed E-state index contributed by atoms with van der Waals surface area (Å²) >= 11 is 0. The van der Waals surface area contributed by atoms with Crippen LogP contribution in [0.25, 0.3) is 0 Å². The molecule has 0 aromatic heterocycles. The number of rotatable bonds is 6. The minimum atomic E-state index is -3.52. The molecule has 1 fully saturated rings. The van der Waals surface area contributed by atoms with E-state index in [0.29, 0.717) is 18.5 Å². The SMILES string of the molecule is CN(C)S(=O)(=O)c1ccc(NC(=O)CC2(C(=O)O)CCCC2)cc1. The zero-order valence-electron chi connectivity index (χ0n) is 13.8. The van der Waals surface area contributed by atoms with Crippen LogP contribution in [0.5, 0.6) is 0 Å². The van der Waals surface area contributed by atoms with E-state index in [9.17, 15) is 23.1 Å². The summed E-state index contributed by atoms with van der Waals surface area (Å²) in [7, 11) is -0.634. The maximum absolute atomic E-state index is 12.2. The molecule has 8 heteroatoms. The zero-order chi connectivity index (χ0) is 18.0. The fourth-order valence-electron chi connectivity index (χ4n) is 2.95. The molecule has 1 aliphatic rings. The number of anilines is 1. The Morgan fingerprint density at radius 3 is 2.17 bits per heavy atom. The van der Waals surface area contributed by atoms with Gasteiger partial charge in [0.15, 0.2) is 0 Å². The predicted octanol–water partition coefficient (Wildman–Crippen LogP) is 1.91. The summed E-state index contributed by atoms with van der Waals surface area (Å²) in [5.74, 6) is -1.30. The molecule has 1 amide bonds. The highest BCUT2D eigenvalue weighted by molar-refractivity contribution is 7.89. The van der Waals surface area contributed by atoms with E-state index in [1.54, 1.807) is 0 Å². The van der Waals surface area contributed by atoms with E-state index in [1.165, 1.54) is 38.4 Å². The van der Waals surface area contributed by atoms with Crippen molar-refractivity contribution in [3.05, 3.63) is 24.3 Å². The molecule has 1 aliphatic carbocycles. The van der Waals surface area contributed by atoms with Crippen LogP contribution in [0.3, 0.4) is 0 Å². The molecule has 2 rings (SSSR count). The van der Waals surface area contributed by atoms with Crippen LogP contribution in [0.15, 0.2) is 29.2 Å². The third kappa shape index (κ3) is 3.76. The third-order valence-corrected chi connectivity index (χ3v) is 6.26. The minimum Gasteiger partial charge on any atom is -0.481 e. The second-order valence-corrected chi connectivity index (χ2v) is 8.48. The van der Waals surface area contributed by atoms with E-state index in [1.807, 2.05) is 0 Å². The Balaban J connectivity index is 2.06. The predicted molar refractivity (Wildman–Crippen MR) is 89.1 cm³/mol. The van der Waals surface area contributed by atoms with Crippen LogP contribution in [0.1, 0.15) is 32.1 Å². The fraction of sp³-hybridized carbons (Fsp3) is 0.500. The Morgan fingerprint density at radius 2 is 1.71 bits per heavy atom. The van der Waals surface area contributed by atoms with Crippen LogP contribution < -0.4 is 5.32 Å². The van der Waals surface area contributed by atoms with E-state index >= 15 is 0 Å². The second kappa shape index (κ2) is 6.90. The quantitative estimate of drug-likeness (QED) is 0.812. The van der Waals surface area contributed by atoms with Gasteiger partial charge in [0.1, 0.15) is 0 Å². The van der Waals surface area contributed by atoms with Crippen molar-refractivity contribution >= 4 is 27.6 Å². The number of aliphatic carboxylic acids is 1. The molecule has 0 bridgehead atoms. The molecule has 0 unspecified atom stereocenters. The van der Waals surface area contributed by atoms with E-state index in [4.69, 9.17) is 0 Å². The number of nitrogens with one attached hydrogen (secondary N) is 1. The van der Waals surface area contributed by atoms with Crippen molar-refractivity contribution in [1.29, 1.82) is 0 Å². The topological polar surface area (TPSA) is 104 Å². The van der Waals surface area contributed by atoms with E-state index in [0.717, 1.165) is 17.1 Å². The van der Waals surface area contributed by atoms with Gasteiger partial charge in [-0.3, -0.25) is 9.59 Å². The molecule has 0 heterocycles. The number of carbonyl (C=O) groups is 2. The van der Waals surface area contributed by atoms with Crippen molar-refractivity contribution in [3.63, 3.8) is 0 Å². The van der Waals surface area contributed by atoms with Gasteiger partial charge >= 0.3 is 5.97 Å². The molecule has 0 radical (unpaired) electrons. The Kier molecular flexibility index (Phi) is 5.29. The molecule has 0 atom stereocenters. The number of carboxylic acids is 1. The van der Waals surface area contributed by atoms with Gasteiger partial charge in [0, 0.05) is 26.2 Å². The average Bonchev–Trinajstić information content (AvgIpc) is 2.97. The summed E-state index contributed by atoms with van der Waals surface area (Å²) in [4.78, 5) is 23.8. The van der Waals surface area contributed by atoms with Crippen LogP contribution in [-0.4, -0.2) is 43.8 Å². The van der Waals surface area contributed by atoms with Gasteiger partial charge in [-0.1, -0.05) is 12.8 Å². The van der Waals surface area contributed by atoms with Crippen molar-refractivity contribution in [2.45, 2.75) is 37.0 Å². The highest BCUT2D eigenvalue weighted by Gasteiger charge is 2.42. The van der Waals surface area contributed by atoms with Crippen LogP contribution in [0.2, 0.25) is 0 Å². The van der Waals surface area contributed by atoms with Crippen molar-refractivity contribution in [3.8, 4) is 0 Å². The number of amides is 1. The lowest BCUT2D eigenvalue weighted by Gasteiger charge is -2.22. The number of sulfonamides is 1. The molecule has 2 N–H and O–H groups in total. The van der Waals surface area contributed by atoms with E-state index in [2.05, 4.69) is 5.32 Å². The smallest absolute Gasteiger partial charge is 0.310 e. The van der Waals surface area contributed by atoms with Crippen LogP contribution in [0.4, 0.5) is 5.69 Å². The first kappa shape index (κ1) is 18.4. The van der Waals surface area contributed by atoms with Crippen molar-refractivity contribution < 1.29 is 23.1 Å². The monoisotopic (exact) mass is 354 g/mol. The maximum Gasteiger partial charge on any atom is 0.310 e. The van der Waals surface area contributed by atoms with E-state index < -0.39 is 21.4 Å². The van der Waals surface area contributed by atoms with Gasteiger partial charge in [-0.2, -0.15) is 0 Å². The molecule has 24 heavy (non-hydrogen) atoms. The molecule has 1 aromatic carbocycles. The number of hydrogen-bond acceptors (Lipinski definition) is 4. The van der Waals surface area contributed by atoms with Gasteiger partial charge in [-0.25, -0.2) is 12.7 Å². The fourth-order valence-corrected chi connectivity index (χ4v) is 3.85. The summed E-state index contributed by atoms with van der Waals surface area (Å²) in [6.07, 6.45) is 2.58. The molecule has 7 nitrogen and oxygen atoms in total. The van der Waals surface area contributed by atoms with E-state index in [-0.39, 0.29) is 17.2 Å². The standard InChI is InChI=1S/C16H22N2O5S/c1-18(2)24(22,23)13-7-5-12(6-8-13)17-14(19)11-16(15(20)21)9-3-4-10-16/h5-8H,3-4,9-11H2,1-2H3,(H,17,19)(H,20,21). The Labute approximate surface area is 141 Å². The van der Waals surface area contributed by atoms with Crippen molar-refractivity contribution in [1.82, 2.24) is 4.31 Å². The summed E-state index contributed by atoms with van der Waals surface area (Å²) in [6.45, 7) is 0. The summed E-state index contributed by atoms with van der Waals surface area (Å²) in [6, 6.07) is 5.81. The normalized spacial score (nSPS) is 17.0. The van der Waals surface area contributed by atoms with Gasteiger partial charge in [0.05, 0.1) is 10.3 Å². The first-order chi connectivity index (χ1) is 11.2. The second-order valence-electron chi connectivity index (χ2n) is 6.33. The van der Waals surface area contributed by atoms with Gasteiger partial charge in [-0.15, -0.1) is 0 Å². The highest BCUT2D eigenvalue weighted by Crippen LogP contribution is 2.41. The van der Waals surface area contributed by atoms with Crippen LogP contribution in [0, 0.1) is 5.41 Å². The lowest BCUT2D eigenvalue weighted by Crippen LogP contribution is -2.32. The number of carboxylic acid groups (broad SMARTS) is 1. The van der Waals surface area contributed by atoms with Gasteiger partial charge in [-0.05, 0) is 37.1 Å². The Hall–Kier alpha value is -1.93. The molecule has 1 aromatic rings. The minimum absolute atomic E-state index is 0.0694. The molecule has 132 valence electrons. The summed E-state index contributed by atoms with van der Waals surface area (Å²) < 4.78 is 25.1. The summed E-state index contributed by atoms with van der Waals surface area (Å²) in [5.41, 5.74) is -0.533. The van der Waals surface area contributed by atoms with Crippen LogP contribution >= 0.6 is 0 Å². The van der Waals surface area contributed by atoms with Gasteiger partial charge in [0.25, 0.3) is 0 Å². The van der Waals surface area contributed by atoms with Gasteiger partial charge < -0.3 is 10.4 Å². The number of benzene rings is 1. The largest absolute Gasteiger partial charge is 0.481 e. The zero-order valence-corrected chi connectivity index (χ0v) is 14.6. The van der Waals surface area contributed by atoms with Crippen molar-refractivity contribution in [2.24, 2.45) is 5.41 Å². The molecular formula is C16H22N2O5S. The first-order valence-electron chi connectivity index (χ1n) is 7.73.